The summed E-state index contributed by atoms with van der Waals surface area (Å²) in [4.78, 5) is 0. The Hall–Kier alpha value is -1.22. The molecule has 0 heterocycles. The van der Waals surface area contributed by atoms with E-state index < -0.39 is 7.41 Å². The summed E-state index contributed by atoms with van der Waals surface area (Å²) in [5, 5.41) is 3.62. The summed E-state index contributed by atoms with van der Waals surface area (Å²) in [5.74, 6) is 0. The highest BCUT2D eigenvalue weighted by Gasteiger charge is 2.41. The number of nitrogens with two attached hydrogens (primary N) is 1. The molecule has 3 heteroatoms. The number of hydrogen-bond donors (Lipinski definition) is 1. The van der Waals surface area contributed by atoms with Crippen LogP contribution in [0.3, 0.4) is 0 Å². The number of rotatable bonds is 3. The highest BCUT2D eigenvalue weighted by atomic mass is 127. The van der Waals surface area contributed by atoms with Crippen molar-refractivity contribution in [3.8, 4) is 0 Å². The first-order valence-electron chi connectivity index (χ1n) is 6.66. The molecule has 3 aromatic rings. The second-order valence-electron chi connectivity index (χ2n) is 4.73. The van der Waals surface area contributed by atoms with Gasteiger partial charge in [0.15, 0.2) is 7.41 Å². The number of halogens is 1. The maximum atomic E-state index is 6.97. The van der Waals surface area contributed by atoms with Crippen molar-refractivity contribution >= 4 is 23.3 Å². The topological polar surface area (TPSA) is 26.0 Å². The average Bonchev–Trinajstić information content (AvgIpc) is 2.56. The summed E-state index contributed by atoms with van der Waals surface area (Å²) in [6.45, 7) is 0. The maximum absolute atomic E-state index is 6.97. The van der Waals surface area contributed by atoms with Gasteiger partial charge < -0.3 is 24.0 Å². The van der Waals surface area contributed by atoms with Crippen LogP contribution in [0.5, 0.6) is 0 Å². The molecule has 0 amide bonds. The highest BCUT2D eigenvalue weighted by molar-refractivity contribution is 7.93. The maximum Gasteiger partial charge on any atom is 0.175 e. The minimum Gasteiger partial charge on any atom is -1.00 e. The van der Waals surface area contributed by atoms with Crippen LogP contribution in [0.15, 0.2) is 91.0 Å². The first-order chi connectivity index (χ1) is 9.82. The van der Waals surface area contributed by atoms with E-state index in [0.29, 0.717) is 0 Å². The van der Waals surface area contributed by atoms with Crippen molar-refractivity contribution in [3.63, 3.8) is 0 Å². The first-order valence-corrected chi connectivity index (χ1v) is 8.52. The molecule has 0 spiro atoms. The Morgan fingerprint density at radius 2 is 0.714 bits per heavy atom. The van der Waals surface area contributed by atoms with E-state index in [0.717, 1.165) is 0 Å². The summed E-state index contributed by atoms with van der Waals surface area (Å²) >= 11 is 0. The minimum atomic E-state index is -2.03. The van der Waals surface area contributed by atoms with Crippen LogP contribution < -0.4 is 45.4 Å². The normalized spacial score (nSPS) is 10.7. The Bertz CT molecular complexity index is 575. The van der Waals surface area contributed by atoms with E-state index in [2.05, 4.69) is 72.8 Å². The zero-order chi connectivity index (χ0) is 13.8. The van der Waals surface area contributed by atoms with E-state index in [9.17, 15) is 0 Å². The molecule has 0 aromatic heterocycles. The van der Waals surface area contributed by atoms with E-state index in [4.69, 9.17) is 5.50 Å². The zero-order valence-electron chi connectivity index (χ0n) is 11.6. The van der Waals surface area contributed by atoms with Crippen molar-refractivity contribution in [2.24, 2.45) is 5.50 Å². The molecule has 0 saturated carbocycles. The molecular formula is C18H17INP. The molecule has 3 rings (SSSR count). The molecule has 0 fully saturated rings. The SMILES string of the molecule is N[P+](c1ccccc1)(c1ccccc1)c1ccccc1.[I-]. The molecule has 0 saturated heterocycles. The first kappa shape index (κ1) is 16.2. The summed E-state index contributed by atoms with van der Waals surface area (Å²) in [6.07, 6.45) is 0. The van der Waals surface area contributed by atoms with Gasteiger partial charge in [-0.1, -0.05) is 54.6 Å². The minimum absolute atomic E-state index is 0. The smallest absolute Gasteiger partial charge is 0.175 e. The van der Waals surface area contributed by atoms with Crippen LogP contribution in [-0.2, 0) is 0 Å². The van der Waals surface area contributed by atoms with E-state index in [-0.39, 0.29) is 24.0 Å². The predicted octanol–water partition coefficient (Wildman–Crippen LogP) is -0.142. The molecule has 3 aromatic carbocycles. The van der Waals surface area contributed by atoms with Gasteiger partial charge in [0.2, 0.25) is 0 Å². The summed E-state index contributed by atoms with van der Waals surface area (Å²) in [5.41, 5.74) is 6.97. The van der Waals surface area contributed by atoms with E-state index in [1.54, 1.807) is 0 Å². The predicted molar refractivity (Wildman–Crippen MR) is 89.3 cm³/mol. The van der Waals surface area contributed by atoms with Crippen LogP contribution in [0.25, 0.3) is 0 Å². The number of benzene rings is 3. The fraction of sp³-hybridized carbons (Fsp3) is 0. The summed E-state index contributed by atoms with van der Waals surface area (Å²) in [7, 11) is -2.03. The quantitative estimate of drug-likeness (QED) is 0.477. The standard InChI is InChI=1S/C18H17NP.HI/c19-20(16-10-4-1-5-11-16,17-12-6-2-7-13-17)18-14-8-3-9-15-18;/h1-15H,19H2;1H/q+1;/p-1. The zero-order valence-corrected chi connectivity index (χ0v) is 14.6. The second-order valence-corrected chi connectivity index (χ2v) is 7.72. The van der Waals surface area contributed by atoms with Crippen molar-refractivity contribution in [2.75, 3.05) is 0 Å². The molecule has 0 aliphatic carbocycles. The molecule has 2 N–H and O–H groups in total. The Balaban J connectivity index is 0.00000161. The lowest BCUT2D eigenvalue weighted by Crippen LogP contribution is -3.00. The van der Waals surface area contributed by atoms with Crippen LogP contribution in [0.4, 0.5) is 0 Å². The Morgan fingerprint density at radius 1 is 0.476 bits per heavy atom. The van der Waals surface area contributed by atoms with Gasteiger partial charge in [0.25, 0.3) is 0 Å². The third kappa shape index (κ3) is 3.18. The van der Waals surface area contributed by atoms with Gasteiger partial charge in [0.1, 0.15) is 15.9 Å². The van der Waals surface area contributed by atoms with Crippen LogP contribution in [0.2, 0.25) is 0 Å². The largest absolute Gasteiger partial charge is 1.00 e. The molecule has 0 aliphatic rings. The Labute approximate surface area is 143 Å². The average molecular weight is 405 g/mol. The van der Waals surface area contributed by atoms with Crippen molar-refractivity contribution in [2.45, 2.75) is 0 Å². The monoisotopic (exact) mass is 405 g/mol. The highest BCUT2D eigenvalue weighted by Crippen LogP contribution is 2.46. The molecule has 0 radical (unpaired) electrons. The third-order valence-electron chi connectivity index (χ3n) is 3.49. The van der Waals surface area contributed by atoms with Crippen molar-refractivity contribution in [1.29, 1.82) is 0 Å². The molecule has 0 aliphatic heterocycles. The van der Waals surface area contributed by atoms with E-state index >= 15 is 0 Å². The Kier molecular flexibility index (Phi) is 5.51. The van der Waals surface area contributed by atoms with Crippen LogP contribution in [0, 0.1) is 0 Å². The third-order valence-corrected chi connectivity index (χ3v) is 6.83. The molecule has 106 valence electrons. The fourth-order valence-electron chi connectivity index (χ4n) is 2.44. The second kappa shape index (κ2) is 7.17. The van der Waals surface area contributed by atoms with Gasteiger partial charge in [0, 0.05) is 0 Å². The van der Waals surface area contributed by atoms with Crippen LogP contribution in [-0.4, -0.2) is 0 Å². The lowest BCUT2D eigenvalue weighted by atomic mass is 10.4. The van der Waals surface area contributed by atoms with Gasteiger partial charge in [0.05, 0.1) is 0 Å². The Morgan fingerprint density at radius 3 is 0.952 bits per heavy atom. The fourth-order valence-corrected chi connectivity index (χ4v) is 5.26. The lowest BCUT2D eigenvalue weighted by Gasteiger charge is -2.21. The lowest BCUT2D eigenvalue weighted by molar-refractivity contribution is -0.00000397. The molecule has 0 unspecified atom stereocenters. The van der Waals surface area contributed by atoms with Crippen molar-refractivity contribution in [1.82, 2.24) is 0 Å². The van der Waals surface area contributed by atoms with Crippen LogP contribution >= 0.6 is 7.41 Å². The molecule has 1 nitrogen and oxygen atoms in total. The number of hydrogen-bond acceptors (Lipinski definition) is 1. The summed E-state index contributed by atoms with van der Waals surface area (Å²) < 4.78 is 0. The van der Waals surface area contributed by atoms with Gasteiger partial charge >= 0.3 is 0 Å². The van der Waals surface area contributed by atoms with Crippen molar-refractivity contribution in [3.05, 3.63) is 91.0 Å². The van der Waals surface area contributed by atoms with Crippen LogP contribution in [0.1, 0.15) is 0 Å². The van der Waals surface area contributed by atoms with E-state index in [1.165, 1.54) is 15.9 Å². The molecular weight excluding hydrogens is 388 g/mol. The van der Waals surface area contributed by atoms with Gasteiger partial charge in [-0.3, -0.25) is 0 Å². The summed E-state index contributed by atoms with van der Waals surface area (Å²) in [6, 6.07) is 31.2. The molecule has 0 atom stereocenters. The van der Waals surface area contributed by atoms with Gasteiger partial charge in [-0.2, -0.15) is 5.50 Å². The molecule has 21 heavy (non-hydrogen) atoms. The van der Waals surface area contributed by atoms with E-state index in [1.807, 2.05) is 18.2 Å². The molecule has 0 bridgehead atoms. The van der Waals surface area contributed by atoms with Gasteiger partial charge in [-0.15, -0.1) is 0 Å². The van der Waals surface area contributed by atoms with Gasteiger partial charge in [-0.05, 0) is 36.4 Å². The van der Waals surface area contributed by atoms with Gasteiger partial charge in [-0.25, -0.2) is 0 Å². The van der Waals surface area contributed by atoms with Crippen molar-refractivity contribution < 1.29 is 24.0 Å².